The number of hydrogen-bond donors (Lipinski definition) is 2. The first kappa shape index (κ1) is 66.7. The summed E-state index contributed by atoms with van der Waals surface area (Å²) in [5.41, 5.74) is -24.6. The van der Waals surface area contributed by atoms with Crippen molar-refractivity contribution in [3.8, 4) is 0 Å². The number of aromatic nitrogens is 4. The van der Waals surface area contributed by atoms with Gasteiger partial charge in [-0.25, -0.2) is 56.6 Å². The predicted molar refractivity (Wildman–Crippen MR) is 196 cm³/mol. The highest BCUT2D eigenvalue weighted by molar-refractivity contribution is 14.1. The number of imidazole rings is 2. The number of aryl methyl sites for hydroxylation is 2. The molecule has 0 radical (unpaired) electrons. The summed E-state index contributed by atoms with van der Waals surface area (Å²) < 4.78 is 317. The molecule has 0 atom stereocenters. The van der Waals surface area contributed by atoms with E-state index in [1.54, 1.807) is 42.5 Å². The van der Waals surface area contributed by atoms with Crippen LogP contribution in [0.1, 0.15) is 0 Å². The summed E-state index contributed by atoms with van der Waals surface area (Å²) >= 11 is 1.06. The van der Waals surface area contributed by atoms with Gasteiger partial charge >= 0.3 is 95.7 Å². The van der Waals surface area contributed by atoms with Crippen LogP contribution in [0.3, 0.4) is 0 Å². The first-order chi connectivity index (χ1) is 30.0. The minimum Gasteiger partial charge on any atom is -0.341 e. The number of nitrogens with one attached hydrogen (secondary N) is 2. The van der Waals surface area contributed by atoms with E-state index in [0.717, 1.165) is 8.14 Å². The smallest absolute Gasteiger partial charge is 0.341 e. The second-order valence-electron chi connectivity index (χ2n) is 11.3. The van der Waals surface area contributed by atoms with Crippen molar-refractivity contribution in [1.29, 1.82) is 0 Å². The average molecular weight is 1340 g/mol. The lowest BCUT2D eigenvalue weighted by molar-refractivity contribution is -0.671. The molecule has 0 spiro atoms. The molecule has 4 rings (SSSR count). The van der Waals surface area contributed by atoms with Crippen molar-refractivity contribution in [2.45, 2.75) is 40.9 Å². The lowest BCUT2D eigenvalue weighted by Crippen LogP contribution is -3.63. The highest BCUT2D eigenvalue weighted by Gasteiger charge is 2.56. The van der Waals surface area contributed by atoms with Crippen molar-refractivity contribution in [2.75, 3.05) is 4.43 Å². The summed E-state index contributed by atoms with van der Waals surface area (Å²) in [7, 11) is -22.8. The van der Waals surface area contributed by atoms with E-state index < -0.39 is 121 Å². The molecular formula is C28H26F20I2N6O8S4+2. The number of benzene rings is 2. The number of nitrogens with zero attached hydrogens (tertiary/aromatic N) is 4. The predicted octanol–water partition coefficient (Wildman–Crippen LogP) is 3.92. The summed E-state index contributed by atoms with van der Waals surface area (Å²) in [4.78, 5) is 3.78. The molecule has 0 saturated carbocycles. The van der Waals surface area contributed by atoms with Crippen LogP contribution in [0.2, 0.25) is 0 Å². The Hall–Kier alpha value is -3.36. The first-order valence-electron chi connectivity index (χ1n) is 15.7. The number of hydrogen-bond acceptors (Lipinski definition) is 9. The normalized spacial score (nSPS) is 12.8. The van der Waals surface area contributed by atoms with Crippen LogP contribution in [-0.2, 0) is 60.7 Å². The molecule has 4 aromatic rings. The van der Waals surface area contributed by atoms with Crippen molar-refractivity contribution in [2.24, 2.45) is 14.1 Å². The van der Waals surface area contributed by atoms with Gasteiger partial charge in [-0.1, -0.05) is 8.25 Å². The van der Waals surface area contributed by atoms with Crippen LogP contribution in [0.15, 0.2) is 86.0 Å². The van der Waals surface area contributed by atoms with E-state index in [2.05, 4.69) is 27.6 Å². The van der Waals surface area contributed by atoms with Crippen LogP contribution < -0.4 is 34.0 Å². The summed E-state index contributed by atoms with van der Waals surface area (Å²) in [6, 6.07) is 11.6. The average Bonchev–Trinajstić information content (AvgIpc) is 3.76. The highest BCUT2D eigenvalue weighted by atomic mass is 127. The molecular weight excluding hydrogens is 1310 g/mol. The maximum Gasteiger partial charge on any atom is 0.512 e. The molecule has 2 aromatic heterocycles. The molecule has 40 heteroatoms. The third-order valence-electron chi connectivity index (χ3n) is 5.46. The highest BCUT2D eigenvalue weighted by Crippen LogP contribution is 2.28. The van der Waals surface area contributed by atoms with Gasteiger partial charge in [0, 0.05) is 23.0 Å². The Balaban J connectivity index is 0. The first-order valence-corrected chi connectivity index (χ1v) is 25.3. The van der Waals surface area contributed by atoms with Crippen LogP contribution in [0.5, 0.6) is 0 Å². The van der Waals surface area contributed by atoms with Gasteiger partial charge in [-0.05, 0) is 71.1 Å². The van der Waals surface area contributed by atoms with E-state index in [0.29, 0.717) is 3.57 Å². The topological polar surface area (TPSA) is 187 Å². The zero-order valence-electron chi connectivity index (χ0n) is 32.5. The summed E-state index contributed by atoms with van der Waals surface area (Å²) in [6.45, 7) is -0.923. The number of sulfonamides is 4. The molecule has 0 aliphatic rings. The second-order valence-corrected chi connectivity index (χ2v) is 22.5. The van der Waals surface area contributed by atoms with E-state index in [4.69, 9.17) is 0 Å². The second kappa shape index (κ2) is 26.2. The van der Waals surface area contributed by atoms with Gasteiger partial charge < -0.3 is 4.57 Å². The Bertz CT molecular complexity index is 2380. The van der Waals surface area contributed by atoms with E-state index in [1.165, 1.54) is 48.9 Å². The molecule has 0 bridgehead atoms. The molecule has 2 N–H and O–H groups in total. The van der Waals surface area contributed by atoms with E-state index in [-0.39, 0.29) is 5.82 Å². The van der Waals surface area contributed by atoms with Gasteiger partial charge in [0.05, 0.1) is 13.4 Å². The minimum atomic E-state index is -6.60. The quantitative estimate of drug-likeness (QED) is 0.120. The largest absolute Gasteiger partial charge is 0.512 e. The zero-order chi connectivity index (χ0) is 54.2. The van der Waals surface area contributed by atoms with Crippen molar-refractivity contribution < 1.29 is 147 Å². The lowest BCUT2D eigenvalue weighted by Gasteiger charge is -2.11. The summed E-state index contributed by atoms with van der Waals surface area (Å²) in [5, 5.41) is 0. The Labute approximate surface area is 394 Å². The molecule has 0 saturated heterocycles. The van der Waals surface area contributed by atoms with Gasteiger partial charge in [-0.2, -0.15) is 79.0 Å². The molecule has 392 valence electrons. The van der Waals surface area contributed by atoms with Crippen molar-refractivity contribution in [1.82, 2.24) is 22.4 Å². The van der Waals surface area contributed by atoms with Gasteiger partial charge in [0.2, 0.25) is 10.8 Å². The van der Waals surface area contributed by atoms with Crippen LogP contribution in [0.25, 0.3) is 0 Å². The maximum absolute atomic E-state index is 12.4. The SMILES string of the molecule is C[n+]1ccn(CC(F)(F)F)c1.Cn1ccnc1.Fc1ccc(I)cc1.Fc1ccc([I+]CC(F)(F)F)cc1.O=S(=O)(NS(=O)(=O)C(F)(F)F)C(F)(F)F.O=S(=O)(NS(=O)(=O)C(F)(F)F)C(F)(F)F. The van der Waals surface area contributed by atoms with E-state index in [9.17, 15) is 121 Å². The Morgan fingerprint density at radius 2 is 0.941 bits per heavy atom. The molecule has 2 heterocycles. The molecule has 0 aliphatic carbocycles. The molecule has 0 aliphatic heterocycles. The van der Waals surface area contributed by atoms with Gasteiger partial charge in [0.15, 0.2) is 10.1 Å². The van der Waals surface area contributed by atoms with Crippen LogP contribution in [0.4, 0.5) is 87.8 Å². The lowest BCUT2D eigenvalue weighted by atomic mass is 10.4. The molecule has 0 amide bonds. The number of alkyl halides is 19. The Kier molecular flexibility index (Phi) is 25.7. The van der Waals surface area contributed by atoms with Crippen LogP contribution in [-0.4, -0.2) is 86.6 Å². The summed E-state index contributed by atoms with van der Waals surface area (Å²) in [6.07, 6.45) is 1.49. The number of halogens is 22. The van der Waals surface area contributed by atoms with Crippen molar-refractivity contribution >= 4 is 62.7 Å². The van der Waals surface area contributed by atoms with Gasteiger partial charge in [0.25, 0.3) is 0 Å². The Morgan fingerprint density at radius 3 is 1.16 bits per heavy atom. The Morgan fingerprint density at radius 1 is 0.588 bits per heavy atom. The zero-order valence-corrected chi connectivity index (χ0v) is 40.1. The van der Waals surface area contributed by atoms with Gasteiger partial charge in [-0.15, -0.1) is 0 Å². The monoisotopic (exact) mass is 1340 g/mol. The van der Waals surface area contributed by atoms with Crippen LogP contribution >= 0.6 is 22.6 Å². The maximum atomic E-state index is 12.4. The van der Waals surface area contributed by atoms with Gasteiger partial charge in [0.1, 0.15) is 24.0 Å². The molecule has 2 aromatic carbocycles. The van der Waals surface area contributed by atoms with Crippen molar-refractivity contribution in [3.63, 3.8) is 0 Å². The summed E-state index contributed by atoms with van der Waals surface area (Å²) in [5.74, 6) is -0.592. The fourth-order valence-electron chi connectivity index (χ4n) is 2.71. The molecule has 68 heavy (non-hydrogen) atoms. The van der Waals surface area contributed by atoms with E-state index in [1.807, 2.05) is 17.8 Å². The fourth-order valence-corrected chi connectivity index (χ4v) is 8.63. The third kappa shape index (κ3) is 28.3. The minimum absolute atomic E-state index is 0.176. The third-order valence-corrected chi connectivity index (χ3v) is 15.0. The van der Waals surface area contributed by atoms with Crippen molar-refractivity contribution in [3.05, 3.63) is 105 Å². The van der Waals surface area contributed by atoms with Gasteiger partial charge in [-0.3, -0.25) is 0 Å². The molecule has 0 unspecified atom stereocenters. The van der Waals surface area contributed by atoms with Crippen LogP contribution in [0, 0.1) is 18.8 Å². The standard InChI is InChI=1S/C8H6F4I.C6H8F3N2.C6H4FI.C4H6N2.2C2HF6NO4S2/c9-6-1-3-7(4-2-6)13-5-8(10,11)12;1-10-2-3-11(5-10)4-6(7,8)9;7-5-1-3-6(8)4-2-5;1-6-3-2-5-4-6;2*3-1(4,5)14(10,11)9-15(12,13)2(6,7)8/h1-4H,5H2;2-3,5H,4H2,1H3;1-4H;2-4H,1H3;2*9H/q2*+1;;;;. The fraction of sp³-hybridized carbons (Fsp3) is 0.357. The van der Waals surface area contributed by atoms with E-state index >= 15 is 0 Å². The molecule has 0 fully saturated rings. The molecule has 14 nitrogen and oxygen atoms in total. The number of rotatable bonds is 7.